The molecule has 1 aliphatic rings. The number of hydrogen-bond donors (Lipinski definition) is 2. The zero-order valence-corrected chi connectivity index (χ0v) is 15.8. The average Bonchev–Trinajstić information content (AvgIpc) is 3.03. The highest BCUT2D eigenvalue weighted by atomic mass is 16.6. The molecule has 1 atom stereocenters. The number of benzene rings is 1. The molecule has 2 amide bonds. The molecule has 0 aromatic heterocycles. The van der Waals surface area contributed by atoms with Crippen molar-refractivity contribution >= 4 is 12.2 Å². The summed E-state index contributed by atoms with van der Waals surface area (Å²) in [5, 5.41) is 5.57. The number of nitrogens with one attached hydrogen (secondary N) is 2. The number of carbonyl (C=O) groups excluding carboxylic acids is 2. The second-order valence-corrected chi connectivity index (χ2v) is 7.39. The average molecular weight is 363 g/mol. The van der Waals surface area contributed by atoms with Crippen LogP contribution in [0.25, 0.3) is 0 Å². The van der Waals surface area contributed by atoms with Crippen LogP contribution in [0.5, 0.6) is 0 Å². The number of rotatable bonds is 6. The Kier molecular flexibility index (Phi) is 7.26. The SMILES string of the molecule is CC(C)(C)OC(=O)NCN1CCC[C@@H]1CNC(=O)OCc1ccccc1. The van der Waals surface area contributed by atoms with Gasteiger partial charge in [0.1, 0.15) is 12.2 Å². The minimum absolute atomic E-state index is 0.175. The summed E-state index contributed by atoms with van der Waals surface area (Å²) in [6, 6.07) is 9.73. The third-order valence-electron chi connectivity index (χ3n) is 4.02. The van der Waals surface area contributed by atoms with Crippen molar-refractivity contribution in [1.82, 2.24) is 15.5 Å². The van der Waals surface area contributed by atoms with E-state index in [4.69, 9.17) is 9.47 Å². The predicted octanol–water partition coefficient (Wildman–Crippen LogP) is 2.86. The molecule has 26 heavy (non-hydrogen) atoms. The molecule has 1 fully saturated rings. The number of likely N-dealkylation sites (tertiary alicyclic amines) is 1. The van der Waals surface area contributed by atoms with E-state index in [0.717, 1.165) is 24.9 Å². The van der Waals surface area contributed by atoms with Crippen LogP contribution >= 0.6 is 0 Å². The molecule has 1 aromatic carbocycles. The Morgan fingerprint density at radius 2 is 1.88 bits per heavy atom. The Balaban J connectivity index is 1.67. The van der Waals surface area contributed by atoms with Crippen LogP contribution in [0.2, 0.25) is 0 Å². The Hall–Kier alpha value is -2.28. The minimum Gasteiger partial charge on any atom is -0.445 e. The largest absolute Gasteiger partial charge is 0.445 e. The summed E-state index contributed by atoms with van der Waals surface area (Å²) in [6.07, 6.45) is 1.13. The molecule has 7 nitrogen and oxygen atoms in total. The topological polar surface area (TPSA) is 79.9 Å². The molecule has 0 aliphatic carbocycles. The molecule has 0 radical (unpaired) electrons. The number of amides is 2. The van der Waals surface area contributed by atoms with Gasteiger partial charge in [-0.15, -0.1) is 0 Å². The molecule has 0 bridgehead atoms. The Bertz CT molecular complexity index is 586. The third-order valence-corrected chi connectivity index (χ3v) is 4.02. The van der Waals surface area contributed by atoms with Gasteiger partial charge >= 0.3 is 12.2 Å². The molecule has 1 saturated heterocycles. The van der Waals surface area contributed by atoms with Gasteiger partial charge in [0.05, 0.1) is 6.67 Å². The minimum atomic E-state index is -0.515. The van der Waals surface area contributed by atoms with Gasteiger partial charge in [-0.3, -0.25) is 4.90 Å². The Labute approximate surface area is 155 Å². The van der Waals surface area contributed by atoms with Gasteiger partial charge in [-0.05, 0) is 39.2 Å². The quantitative estimate of drug-likeness (QED) is 0.812. The lowest BCUT2D eigenvalue weighted by molar-refractivity contribution is 0.0485. The summed E-state index contributed by atoms with van der Waals surface area (Å²) < 4.78 is 10.5. The van der Waals surface area contributed by atoms with Gasteiger partial charge < -0.3 is 20.1 Å². The lowest BCUT2D eigenvalue weighted by Crippen LogP contribution is -2.46. The van der Waals surface area contributed by atoms with Crippen LogP contribution in [0.3, 0.4) is 0 Å². The van der Waals surface area contributed by atoms with Gasteiger partial charge in [0, 0.05) is 19.1 Å². The van der Waals surface area contributed by atoms with Gasteiger partial charge in [-0.2, -0.15) is 0 Å². The first-order chi connectivity index (χ1) is 12.3. The summed E-state index contributed by atoms with van der Waals surface area (Å²) in [7, 11) is 0. The van der Waals surface area contributed by atoms with Crippen LogP contribution in [-0.4, -0.2) is 48.5 Å². The third kappa shape index (κ3) is 7.31. The molecule has 1 aliphatic heterocycles. The van der Waals surface area contributed by atoms with Gasteiger partial charge in [0.2, 0.25) is 0 Å². The van der Waals surface area contributed by atoms with Crippen LogP contribution in [0.15, 0.2) is 30.3 Å². The first kappa shape index (κ1) is 20.0. The van der Waals surface area contributed by atoms with Crippen LogP contribution in [0.4, 0.5) is 9.59 Å². The monoisotopic (exact) mass is 363 g/mol. The molecule has 0 unspecified atom stereocenters. The zero-order valence-electron chi connectivity index (χ0n) is 15.8. The van der Waals surface area contributed by atoms with Crippen molar-refractivity contribution in [2.45, 2.75) is 51.9 Å². The maximum Gasteiger partial charge on any atom is 0.408 e. The van der Waals surface area contributed by atoms with E-state index in [1.165, 1.54) is 0 Å². The normalized spacial score (nSPS) is 17.6. The molecular weight excluding hydrogens is 334 g/mol. The van der Waals surface area contributed by atoms with E-state index in [1.54, 1.807) is 0 Å². The lowest BCUT2D eigenvalue weighted by Gasteiger charge is -2.26. The molecule has 1 heterocycles. The first-order valence-corrected chi connectivity index (χ1v) is 8.99. The van der Waals surface area contributed by atoms with Gasteiger partial charge in [-0.25, -0.2) is 9.59 Å². The molecule has 2 rings (SSSR count). The molecule has 1 aromatic rings. The van der Waals surface area contributed by atoms with Crippen molar-refractivity contribution < 1.29 is 19.1 Å². The standard InChI is InChI=1S/C19H29N3O4/c1-19(2,3)26-18(24)21-14-22-11-7-10-16(22)12-20-17(23)25-13-15-8-5-4-6-9-15/h4-6,8-9,16H,7,10-14H2,1-3H3,(H,20,23)(H,21,24)/t16-/m1/s1. The zero-order chi connectivity index (χ0) is 19.0. The van der Waals surface area contributed by atoms with Crippen molar-refractivity contribution in [3.8, 4) is 0 Å². The number of hydrogen-bond acceptors (Lipinski definition) is 5. The highest BCUT2D eigenvalue weighted by Gasteiger charge is 2.26. The Morgan fingerprint density at radius 1 is 1.15 bits per heavy atom. The molecular formula is C19H29N3O4. The summed E-state index contributed by atoms with van der Waals surface area (Å²) in [5.41, 5.74) is 0.435. The lowest BCUT2D eigenvalue weighted by atomic mass is 10.2. The van der Waals surface area contributed by atoms with Crippen LogP contribution in [-0.2, 0) is 16.1 Å². The molecule has 144 valence electrons. The van der Waals surface area contributed by atoms with Crippen molar-refractivity contribution in [1.29, 1.82) is 0 Å². The fraction of sp³-hybridized carbons (Fsp3) is 0.579. The van der Waals surface area contributed by atoms with E-state index in [9.17, 15) is 9.59 Å². The highest BCUT2D eigenvalue weighted by Crippen LogP contribution is 2.15. The van der Waals surface area contributed by atoms with Gasteiger partial charge in [-0.1, -0.05) is 30.3 Å². The van der Waals surface area contributed by atoms with E-state index in [2.05, 4.69) is 15.5 Å². The van der Waals surface area contributed by atoms with Crippen molar-refractivity contribution in [3.05, 3.63) is 35.9 Å². The Morgan fingerprint density at radius 3 is 2.58 bits per heavy atom. The summed E-state index contributed by atoms with van der Waals surface area (Å²) >= 11 is 0. The predicted molar refractivity (Wildman–Crippen MR) is 98.6 cm³/mol. The van der Waals surface area contributed by atoms with Gasteiger partial charge in [0.15, 0.2) is 0 Å². The molecule has 7 heteroatoms. The first-order valence-electron chi connectivity index (χ1n) is 8.99. The fourth-order valence-electron chi connectivity index (χ4n) is 2.79. The van der Waals surface area contributed by atoms with E-state index < -0.39 is 17.8 Å². The number of nitrogens with zero attached hydrogens (tertiary/aromatic N) is 1. The maximum absolute atomic E-state index is 11.9. The number of alkyl carbamates (subject to hydrolysis) is 2. The van der Waals surface area contributed by atoms with E-state index in [-0.39, 0.29) is 12.6 Å². The van der Waals surface area contributed by atoms with Gasteiger partial charge in [0.25, 0.3) is 0 Å². The number of carbonyl (C=O) groups is 2. The van der Waals surface area contributed by atoms with E-state index in [1.807, 2.05) is 51.1 Å². The molecule has 0 spiro atoms. The van der Waals surface area contributed by atoms with Crippen molar-refractivity contribution in [2.24, 2.45) is 0 Å². The molecule has 2 N–H and O–H groups in total. The number of ether oxygens (including phenoxy) is 2. The molecule has 0 saturated carbocycles. The fourth-order valence-corrected chi connectivity index (χ4v) is 2.79. The van der Waals surface area contributed by atoms with Crippen LogP contribution in [0, 0.1) is 0 Å². The smallest absolute Gasteiger partial charge is 0.408 e. The summed E-state index contributed by atoms with van der Waals surface area (Å²) in [4.78, 5) is 25.7. The van der Waals surface area contributed by atoms with Crippen LogP contribution in [0.1, 0.15) is 39.2 Å². The maximum atomic E-state index is 11.9. The highest BCUT2D eigenvalue weighted by molar-refractivity contribution is 5.67. The van der Waals surface area contributed by atoms with Crippen LogP contribution < -0.4 is 10.6 Å². The van der Waals surface area contributed by atoms with E-state index in [0.29, 0.717) is 13.2 Å². The second-order valence-electron chi connectivity index (χ2n) is 7.39. The van der Waals surface area contributed by atoms with E-state index >= 15 is 0 Å². The van der Waals surface area contributed by atoms with Crippen molar-refractivity contribution in [2.75, 3.05) is 19.8 Å². The summed E-state index contributed by atoms with van der Waals surface area (Å²) in [5.74, 6) is 0. The second kappa shape index (κ2) is 9.43. The van der Waals surface area contributed by atoms with Crippen molar-refractivity contribution in [3.63, 3.8) is 0 Å². The summed E-state index contributed by atoms with van der Waals surface area (Å²) in [6.45, 7) is 7.51.